The van der Waals surface area contributed by atoms with E-state index in [1.807, 2.05) is 6.92 Å². The minimum Gasteiger partial charge on any atom is -0.466 e. The van der Waals surface area contributed by atoms with E-state index in [1.165, 1.54) is 0 Å². The van der Waals surface area contributed by atoms with Crippen LogP contribution in [0, 0.1) is 23.2 Å². The molecule has 0 aromatic rings. The Balaban J connectivity index is 2.47. The van der Waals surface area contributed by atoms with Crippen molar-refractivity contribution in [3.05, 3.63) is 0 Å². The Hall–Kier alpha value is -1.57. The summed E-state index contributed by atoms with van der Waals surface area (Å²) < 4.78 is 4.99. The standard InChI is InChI=1S/C14H22N2O3/c1-3-5-12(10-15)13(17)16-8-6-11(7-9-16)14(18)19-4-2/h11-12H,3-9H2,1-2H3. The summed E-state index contributed by atoms with van der Waals surface area (Å²) >= 11 is 0. The van der Waals surface area contributed by atoms with E-state index in [9.17, 15) is 9.59 Å². The fraction of sp³-hybridized carbons (Fsp3) is 0.786. The molecule has 5 heteroatoms. The highest BCUT2D eigenvalue weighted by atomic mass is 16.5. The number of hydrogen-bond acceptors (Lipinski definition) is 4. The van der Waals surface area contributed by atoms with E-state index in [4.69, 9.17) is 10.00 Å². The molecule has 1 aliphatic heterocycles. The second kappa shape index (κ2) is 7.78. The highest BCUT2D eigenvalue weighted by molar-refractivity contribution is 5.81. The van der Waals surface area contributed by atoms with Crippen LogP contribution in [0.25, 0.3) is 0 Å². The van der Waals surface area contributed by atoms with Crippen LogP contribution in [0.1, 0.15) is 39.5 Å². The Morgan fingerprint density at radius 3 is 2.47 bits per heavy atom. The van der Waals surface area contributed by atoms with Gasteiger partial charge < -0.3 is 9.64 Å². The normalized spacial score (nSPS) is 17.6. The second-order valence-corrected chi connectivity index (χ2v) is 4.82. The van der Waals surface area contributed by atoms with Gasteiger partial charge in [0.15, 0.2) is 0 Å². The summed E-state index contributed by atoms with van der Waals surface area (Å²) in [6.45, 7) is 5.24. The lowest BCUT2D eigenvalue weighted by molar-refractivity contribution is -0.151. The topological polar surface area (TPSA) is 70.4 Å². The van der Waals surface area contributed by atoms with Crippen molar-refractivity contribution in [2.75, 3.05) is 19.7 Å². The molecule has 106 valence electrons. The number of ether oxygens (including phenoxy) is 1. The molecule has 0 N–H and O–H groups in total. The molecule has 0 spiro atoms. The van der Waals surface area contributed by atoms with E-state index in [2.05, 4.69) is 6.07 Å². The van der Waals surface area contributed by atoms with Crippen molar-refractivity contribution in [1.29, 1.82) is 5.26 Å². The predicted molar refractivity (Wildman–Crippen MR) is 69.9 cm³/mol. The lowest BCUT2D eigenvalue weighted by Crippen LogP contribution is -2.43. The van der Waals surface area contributed by atoms with Crippen molar-refractivity contribution in [3.8, 4) is 6.07 Å². The van der Waals surface area contributed by atoms with Crippen LogP contribution in [0.5, 0.6) is 0 Å². The quantitative estimate of drug-likeness (QED) is 0.710. The van der Waals surface area contributed by atoms with Gasteiger partial charge in [-0.1, -0.05) is 13.3 Å². The van der Waals surface area contributed by atoms with E-state index >= 15 is 0 Å². The third-order valence-electron chi connectivity index (χ3n) is 3.46. The summed E-state index contributed by atoms with van der Waals surface area (Å²) in [5.41, 5.74) is 0. The fourth-order valence-electron chi connectivity index (χ4n) is 2.35. The number of hydrogen-bond donors (Lipinski definition) is 0. The molecule has 1 rings (SSSR count). The number of carbonyl (C=O) groups is 2. The van der Waals surface area contributed by atoms with Gasteiger partial charge in [-0.3, -0.25) is 9.59 Å². The van der Waals surface area contributed by atoms with Gasteiger partial charge in [-0.2, -0.15) is 5.26 Å². The average Bonchev–Trinajstić information content (AvgIpc) is 2.44. The Morgan fingerprint density at radius 2 is 2.00 bits per heavy atom. The van der Waals surface area contributed by atoms with Crippen molar-refractivity contribution in [3.63, 3.8) is 0 Å². The molecule has 1 saturated heterocycles. The van der Waals surface area contributed by atoms with Crippen LogP contribution in [-0.2, 0) is 14.3 Å². The van der Waals surface area contributed by atoms with Gasteiger partial charge in [-0.15, -0.1) is 0 Å². The summed E-state index contributed by atoms with van der Waals surface area (Å²) in [6.07, 6.45) is 2.69. The maximum atomic E-state index is 12.1. The molecule has 5 nitrogen and oxygen atoms in total. The first-order chi connectivity index (χ1) is 9.13. The lowest BCUT2D eigenvalue weighted by Gasteiger charge is -2.32. The summed E-state index contributed by atoms with van der Waals surface area (Å²) in [6, 6.07) is 2.07. The maximum absolute atomic E-state index is 12.1. The van der Waals surface area contributed by atoms with Crippen LogP contribution in [0.2, 0.25) is 0 Å². The first-order valence-corrected chi connectivity index (χ1v) is 6.99. The predicted octanol–water partition coefficient (Wildman–Crippen LogP) is 1.73. The van der Waals surface area contributed by atoms with Gasteiger partial charge in [0.1, 0.15) is 5.92 Å². The minimum absolute atomic E-state index is 0.0911. The Morgan fingerprint density at radius 1 is 1.37 bits per heavy atom. The first-order valence-electron chi connectivity index (χ1n) is 6.99. The molecule has 0 aromatic carbocycles. The van der Waals surface area contributed by atoms with E-state index in [0.717, 1.165) is 6.42 Å². The van der Waals surface area contributed by atoms with Crippen molar-refractivity contribution in [2.45, 2.75) is 39.5 Å². The second-order valence-electron chi connectivity index (χ2n) is 4.82. The van der Waals surface area contributed by atoms with Gasteiger partial charge in [-0.25, -0.2) is 0 Å². The molecule has 1 unspecified atom stereocenters. The van der Waals surface area contributed by atoms with Crippen molar-refractivity contribution in [1.82, 2.24) is 4.90 Å². The molecule has 1 amide bonds. The highest BCUT2D eigenvalue weighted by Crippen LogP contribution is 2.21. The van der Waals surface area contributed by atoms with E-state index < -0.39 is 5.92 Å². The van der Waals surface area contributed by atoms with Gasteiger partial charge in [0.2, 0.25) is 5.91 Å². The lowest BCUT2D eigenvalue weighted by atomic mass is 9.95. The molecule has 1 heterocycles. The zero-order valence-corrected chi connectivity index (χ0v) is 11.7. The molecular formula is C14H22N2O3. The van der Waals surface area contributed by atoms with Crippen LogP contribution in [0.4, 0.5) is 0 Å². The Bertz CT molecular complexity index is 354. The zero-order valence-electron chi connectivity index (χ0n) is 11.7. The summed E-state index contributed by atoms with van der Waals surface area (Å²) in [5.74, 6) is -0.897. The van der Waals surface area contributed by atoms with Gasteiger partial charge in [-0.05, 0) is 26.2 Å². The molecule has 0 saturated carbocycles. The SMILES string of the molecule is CCCC(C#N)C(=O)N1CCC(C(=O)OCC)CC1. The molecule has 0 aromatic heterocycles. The molecule has 1 fully saturated rings. The summed E-state index contributed by atoms with van der Waals surface area (Å²) in [4.78, 5) is 25.4. The van der Waals surface area contributed by atoms with E-state index in [0.29, 0.717) is 39.0 Å². The van der Waals surface area contributed by atoms with Crippen LogP contribution in [0.15, 0.2) is 0 Å². The molecule has 0 radical (unpaired) electrons. The number of nitriles is 1. The smallest absolute Gasteiger partial charge is 0.309 e. The molecule has 1 aliphatic rings. The zero-order chi connectivity index (χ0) is 14.3. The number of nitrogens with zero attached hydrogens (tertiary/aromatic N) is 2. The number of likely N-dealkylation sites (tertiary alicyclic amines) is 1. The van der Waals surface area contributed by atoms with E-state index in [-0.39, 0.29) is 17.8 Å². The molecule has 1 atom stereocenters. The number of piperidine rings is 1. The molecule has 19 heavy (non-hydrogen) atoms. The average molecular weight is 266 g/mol. The van der Waals surface area contributed by atoms with Gasteiger partial charge >= 0.3 is 5.97 Å². The first kappa shape index (κ1) is 15.5. The maximum Gasteiger partial charge on any atom is 0.309 e. The van der Waals surface area contributed by atoms with Gasteiger partial charge in [0.25, 0.3) is 0 Å². The fourth-order valence-corrected chi connectivity index (χ4v) is 2.35. The third kappa shape index (κ3) is 4.23. The summed E-state index contributed by atoms with van der Waals surface area (Å²) in [5, 5.41) is 9.00. The van der Waals surface area contributed by atoms with Crippen LogP contribution in [0.3, 0.4) is 0 Å². The van der Waals surface area contributed by atoms with Gasteiger partial charge in [0, 0.05) is 13.1 Å². The van der Waals surface area contributed by atoms with E-state index in [1.54, 1.807) is 11.8 Å². The summed E-state index contributed by atoms with van der Waals surface area (Å²) in [7, 11) is 0. The Labute approximate surface area is 114 Å². The molecule has 0 bridgehead atoms. The molecule has 0 aliphatic carbocycles. The van der Waals surface area contributed by atoms with Gasteiger partial charge in [0.05, 0.1) is 18.6 Å². The van der Waals surface area contributed by atoms with Crippen LogP contribution >= 0.6 is 0 Å². The number of amides is 1. The highest BCUT2D eigenvalue weighted by Gasteiger charge is 2.30. The van der Waals surface area contributed by atoms with Crippen molar-refractivity contribution in [2.24, 2.45) is 11.8 Å². The number of carbonyl (C=O) groups excluding carboxylic acids is 2. The third-order valence-corrected chi connectivity index (χ3v) is 3.46. The van der Waals surface area contributed by atoms with Crippen LogP contribution < -0.4 is 0 Å². The van der Waals surface area contributed by atoms with Crippen molar-refractivity contribution < 1.29 is 14.3 Å². The largest absolute Gasteiger partial charge is 0.466 e. The molecular weight excluding hydrogens is 244 g/mol. The number of rotatable bonds is 5. The monoisotopic (exact) mass is 266 g/mol. The Kier molecular flexibility index (Phi) is 6.34. The minimum atomic E-state index is -0.538. The number of esters is 1. The van der Waals surface area contributed by atoms with Crippen LogP contribution in [-0.4, -0.2) is 36.5 Å². The van der Waals surface area contributed by atoms with Crippen molar-refractivity contribution >= 4 is 11.9 Å².